The number of benzene rings is 2. The van der Waals surface area contributed by atoms with Crippen molar-refractivity contribution in [2.24, 2.45) is 5.18 Å². The van der Waals surface area contributed by atoms with Gasteiger partial charge in [0.1, 0.15) is 6.04 Å². The number of nitrogens with zero attached hydrogens (tertiary/aromatic N) is 3. The fraction of sp³-hybridized carbons (Fsp3) is 0.308. The molecule has 9 heteroatoms. The summed E-state index contributed by atoms with van der Waals surface area (Å²) >= 11 is 0. The summed E-state index contributed by atoms with van der Waals surface area (Å²) < 4.78 is 25.7. The normalized spacial score (nSPS) is 18.5. The van der Waals surface area contributed by atoms with Crippen LogP contribution in [0, 0.1) is 4.91 Å². The zero-order chi connectivity index (χ0) is 24.3. The Bertz CT molecular complexity index is 1330. The summed E-state index contributed by atoms with van der Waals surface area (Å²) in [5.41, 5.74) is 4.85. The van der Waals surface area contributed by atoms with Crippen LogP contribution >= 0.6 is 0 Å². The minimum atomic E-state index is -3.32. The molecule has 5 rings (SSSR count). The van der Waals surface area contributed by atoms with E-state index in [4.69, 9.17) is 0 Å². The number of aromatic nitrogens is 2. The van der Waals surface area contributed by atoms with Gasteiger partial charge in [0.2, 0.25) is 5.95 Å². The molecule has 2 aliphatic rings. The van der Waals surface area contributed by atoms with E-state index in [1.54, 1.807) is 36.7 Å². The second-order valence-electron chi connectivity index (χ2n) is 8.94. The molecule has 1 aliphatic carbocycles. The van der Waals surface area contributed by atoms with Crippen molar-refractivity contribution in [1.82, 2.24) is 15.3 Å². The van der Waals surface area contributed by atoms with Crippen LogP contribution in [0.15, 0.2) is 64.9 Å². The smallest absolute Gasteiger partial charge is 0.227 e. The number of hydrogen-bond acceptors (Lipinski definition) is 8. The Hall–Kier alpha value is -3.43. The molecule has 0 bridgehead atoms. The van der Waals surface area contributed by atoms with E-state index in [1.807, 2.05) is 24.3 Å². The van der Waals surface area contributed by atoms with E-state index in [0.717, 1.165) is 48.3 Å². The zero-order valence-electron chi connectivity index (χ0n) is 19.2. The molecule has 3 aromatic rings. The summed E-state index contributed by atoms with van der Waals surface area (Å²) in [4.78, 5) is 20.0. The third-order valence-electron chi connectivity index (χ3n) is 6.64. The number of piperidine rings is 1. The molecule has 1 atom stereocenters. The van der Waals surface area contributed by atoms with Gasteiger partial charge in [0.05, 0.1) is 10.1 Å². The molecule has 0 saturated carbocycles. The number of nitroso groups, excluding NO2 is 1. The summed E-state index contributed by atoms with van der Waals surface area (Å²) in [5, 5.41) is 9.20. The van der Waals surface area contributed by atoms with Crippen LogP contribution in [-0.2, 0) is 16.3 Å². The minimum Gasteiger partial charge on any atom is -0.324 e. The molecule has 1 unspecified atom stereocenters. The first-order chi connectivity index (χ1) is 17.0. The molecule has 1 aliphatic heterocycles. The van der Waals surface area contributed by atoms with Crippen LogP contribution < -0.4 is 10.6 Å². The summed E-state index contributed by atoms with van der Waals surface area (Å²) in [7, 11) is -3.32. The Kier molecular flexibility index (Phi) is 6.70. The van der Waals surface area contributed by atoms with Crippen molar-refractivity contribution < 1.29 is 8.42 Å². The first-order valence-electron chi connectivity index (χ1n) is 11.8. The van der Waals surface area contributed by atoms with Crippen molar-refractivity contribution in [2.75, 3.05) is 18.4 Å². The summed E-state index contributed by atoms with van der Waals surface area (Å²) in [6.07, 6.45) is 10.3. The number of sulfone groups is 1. The molecule has 0 radical (unpaired) electrons. The van der Waals surface area contributed by atoms with Crippen LogP contribution in [0.4, 0.5) is 11.6 Å². The van der Waals surface area contributed by atoms with Crippen LogP contribution in [0.25, 0.3) is 12.2 Å². The second-order valence-corrected chi connectivity index (χ2v) is 11.2. The topological polar surface area (TPSA) is 113 Å². The quantitative estimate of drug-likeness (QED) is 0.464. The maximum atomic E-state index is 12.8. The highest BCUT2D eigenvalue weighted by atomic mass is 32.2. The van der Waals surface area contributed by atoms with Crippen molar-refractivity contribution in [3.8, 4) is 0 Å². The molecule has 35 heavy (non-hydrogen) atoms. The van der Waals surface area contributed by atoms with Gasteiger partial charge in [-0.1, -0.05) is 35.5 Å². The molecular formula is C26H27N5O3S. The van der Waals surface area contributed by atoms with Gasteiger partial charge in [0.25, 0.3) is 0 Å². The van der Waals surface area contributed by atoms with Gasteiger partial charge < -0.3 is 10.6 Å². The summed E-state index contributed by atoms with van der Waals surface area (Å²) in [6, 6.07) is 12.6. The van der Waals surface area contributed by atoms with Gasteiger partial charge in [-0.15, -0.1) is 0 Å². The van der Waals surface area contributed by atoms with Gasteiger partial charge in [-0.25, -0.2) is 18.4 Å². The number of fused-ring (bicyclic) bond motifs is 1. The SMILES string of the molecule is O=NC1CCc2cc(C=Cc3cnc(Nc4ccc(S(=O)(=O)C5CCNCC5)cc4)nc3)ccc21. The Morgan fingerprint density at radius 3 is 2.37 bits per heavy atom. The van der Waals surface area contributed by atoms with E-state index in [-0.39, 0.29) is 11.3 Å². The van der Waals surface area contributed by atoms with Crippen molar-refractivity contribution in [3.63, 3.8) is 0 Å². The van der Waals surface area contributed by atoms with Crippen LogP contribution in [0.5, 0.6) is 0 Å². The lowest BCUT2D eigenvalue weighted by molar-refractivity contribution is 0.496. The number of hydrogen-bond donors (Lipinski definition) is 2. The minimum absolute atomic E-state index is 0.216. The van der Waals surface area contributed by atoms with Crippen molar-refractivity contribution in [3.05, 3.63) is 82.0 Å². The molecule has 2 aromatic carbocycles. The van der Waals surface area contributed by atoms with E-state index in [2.05, 4.69) is 31.8 Å². The molecule has 2 heterocycles. The Labute approximate surface area is 204 Å². The largest absolute Gasteiger partial charge is 0.324 e. The highest BCUT2D eigenvalue weighted by Crippen LogP contribution is 2.34. The molecular weight excluding hydrogens is 462 g/mol. The number of aryl methyl sites for hydroxylation is 1. The lowest BCUT2D eigenvalue weighted by atomic mass is 10.0. The number of rotatable bonds is 7. The highest BCUT2D eigenvalue weighted by molar-refractivity contribution is 7.92. The van der Waals surface area contributed by atoms with Gasteiger partial charge in [-0.05, 0) is 79.7 Å². The van der Waals surface area contributed by atoms with E-state index >= 15 is 0 Å². The van der Waals surface area contributed by atoms with Crippen LogP contribution in [0.1, 0.15) is 47.6 Å². The average molecular weight is 490 g/mol. The van der Waals surface area contributed by atoms with Crippen LogP contribution in [0.3, 0.4) is 0 Å². The standard InChI is InChI=1S/C26H27N5O3S/c32-31-25-10-4-20-15-18(3-9-24(20)25)1-2-19-16-28-26(29-17-19)30-21-5-7-22(8-6-21)35(33,34)23-11-13-27-14-12-23/h1-3,5-9,15-17,23,25,27H,4,10-14H2,(H,28,29,30). The van der Waals surface area contributed by atoms with Gasteiger partial charge in [-0.3, -0.25) is 0 Å². The summed E-state index contributed by atoms with van der Waals surface area (Å²) in [6.45, 7) is 1.47. The van der Waals surface area contributed by atoms with E-state index < -0.39 is 9.84 Å². The van der Waals surface area contributed by atoms with E-state index in [1.165, 1.54) is 5.56 Å². The molecule has 1 saturated heterocycles. The Morgan fingerprint density at radius 1 is 0.943 bits per heavy atom. The van der Waals surface area contributed by atoms with Crippen molar-refractivity contribution in [1.29, 1.82) is 0 Å². The molecule has 180 valence electrons. The molecule has 2 N–H and O–H groups in total. The zero-order valence-corrected chi connectivity index (χ0v) is 20.0. The third kappa shape index (κ3) is 5.16. The molecule has 1 aromatic heterocycles. The fourth-order valence-corrected chi connectivity index (χ4v) is 6.42. The molecule has 1 fully saturated rings. The lowest BCUT2D eigenvalue weighted by Gasteiger charge is -2.22. The lowest BCUT2D eigenvalue weighted by Crippen LogP contribution is -2.35. The first kappa shape index (κ1) is 23.3. The van der Waals surface area contributed by atoms with Gasteiger partial charge in [-0.2, -0.15) is 4.91 Å². The van der Waals surface area contributed by atoms with Crippen molar-refractivity contribution >= 4 is 33.6 Å². The van der Waals surface area contributed by atoms with Gasteiger partial charge in [0.15, 0.2) is 9.84 Å². The second kappa shape index (κ2) is 10.1. The first-order valence-corrected chi connectivity index (χ1v) is 13.3. The van der Waals surface area contributed by atoms with Crippen molar-refractivity contribution in [2.45, 2.75) is 41.9 Å². The van der Waals surface area contributed by atoms with E-state index in [9.17, 15) is 13.3 Å². The summed E-state index contributed by atoms with van der Waals surface area (Å²) in [5.74, 6) is 0.432. The predicted octanol–water partition coefficient (Wildman–Crippen LogP) is 4.67. The average Bonchev–Trinajstić information content (AvgIpc) is 3.31. The van der Waals surface area contributed by atoms with E-state index in [0.29, 0.717) is 23.7 Å². The maximum Gasteiger partial charge on any atom is 0.227 e. The predicted molar refractivity (Wildman–Crippen MR) is 137 cm³/mol. The number of nitrogens with one attached hydrogen (secondary N) is 2. The molecule has 8 nitrogen and oxygen atoms in total. The molecule has 0 spiro atoms. The highest BCUT2D eigenvalue weighted by Gasteiger charge is 2.28. The Balaban J connectivity index is 1.21. The van der Waals surface area contributed by atoms with Crippen LogP contribution in [-0.4, -0.2) is 36.7 Å². The fourth-order valence-electron chi connectivity index (χ4n) is 4.66. The van der Waals surface area contributed by atoms with Gasteiger partial charge >= 0.3 is 0 Å². The van der Waals surface area contributed by atoms with Crippen LogP contribution in [0.2, 0.25) is 0 Å². The monoisotopic (exact) mass is 489 g/mol. The number of anilines is 2. The Morgan fingerprint density at radius 2 is 1.66 bits per heavy atom. The molecule has 0 amide bonds. The maximum absolute atomic E-state index is 12.8. The third-order valence-corrected chi connectivity index (χ3v) is 8.92. The van der Waals surface area contributed by atoms with Gasteiger partial charge in [0, 0.05) is 23.6 Å².